The highest BCUT2D eigenvalue weighted by Crippen LogP contribution is 2.61. The van der Waals surface area contributed by atoms with Gasteiger partial charge in [-0.1, -0.05) is 41.4 Å². The van der Waals surface area contributed by atoms with Gasteiger partial charge in [-0.15, -0.1) is 0 Å². The molecule has 4 unspecified atom stereocenters. The second kappa shape index (κ2) is 9.54. The van der Waals surface area contributed by atoms with Crippen LogP contribution < -0.4 is 5.32 Å². The molecule has 1 saturated carbocycles. The number of likely N-dealkylation sites (tertiary alicyclic amines) is 2. The molecule has 3 aliphatic heterocycles. The minimum absolute atomic E-state index is 0.0512. The van der Waals surface area contributed by atoms with Crippen LogP contribution in [0.4, 0.5) is 10.1 Å². The number of fused-ring (bicyclic) bond motifs is 3. The van der Waals surface area contributed by atoms with E-state index in [1.165, 1.54) is 30.3 Å². The van der Waals surface area contributed by atoms with E-state index in [1.54, 1.807) is 29.2 Å². The number of hydrogen-bond acceptors (Lipinski definition) is 4. The molecule has 2 N–H and O–H groups in total. The van der Waals surface area contributed by atoms with Gasteiger partial charge in [-0.3, -0.25) is 14.5 Å². The minimum Gasteiger partial charge on any atom is -0.478 e. The summed E-state index contributed by atoms with van der Waals surface area (Å²) in [7, 11) is 0. The molecule has 0 bridgehead atoms. The number of anilines is 1. The van der Waals surface area contributed by atoms with Gasteiger partial charge in [-0.25, -0.2) is 9.18 Å². The van der Waals surface area contributed by atoms with Gasteiger partial charge in [0, 0.05) is 46.9 Å². The van der Waals surface area contributed by atoms with Gasteiger partial charge in [-0.2, -0.15) is 0 Å². The molecule has 7 nitrogen and oxygen atoms in total. The Morgan fingerprint density at radius 1 is 1.02 bits per heavy atom. The average Bonchev–Trinajstić information content (AvgIpc) is 3.51. The number of carboxylic acid groups (broad SMARTS) is 1. The van der Waals surface area contributed by atoms with E-state index in [2.05, 4.69) is 10.2 Å². The zero-order valence-corrected chi connectivity index (χ0v) is 23.3. The van der Waals surface area contributed by atoms with Crippen LogP contribution in [0.5, 0.6) is 0 Å². The summed E-state index contributed by atoms with van der Waals surface area (Å²) in [5.41, 5.74) is 0.703. The summed E-state index contributed by atoms with van der Waals surface area (Å²) < 4.78 is 16.0. The monoisotopic (exact) mass is 593 g/mol. The maximum absolute atomic E-state index is 16.0. The Labute approximate surface area is 245 Å². The maximum atomic E-state index is 16.0. The van der Waals surface area contributed by atoms with Crippen molar-refractivity contribution in [3.8, 4) is 0 Å². The first-order valence-electron chi connectivity index (χ1n) is 13.7. The van der Waals surface area contributed by atoms with Crippen LogP contribution in [0.25, 0.3) is 0 Å². The lowest BCUT2D eigenvalue weighted by Gasteiger charge is -2.41. The molecule has 7 rings (SSSR count). The number of aromatic carboxylic acids is 1. The molecule has 3 fully saturated rings. The van der Waals surface area contributed by atoms with E-state index in [0.717, 1.165) is 12.8 Å². The molecule has 3 heterocycles. The molecule has 0 aromatic heterocycles. The van der Waals surface area contributed by atoms with Crippen LogP contribution in [0.3, 0.4) is 0 Å². The van der Waals surface area contributed by atoms with Crippen LogP contribution in [0, 0.1) is 11.7 Å². The number of nitrogens with zero attached hydrogens (tertiary/aromatic N) is 2. The standard InChI is InChI=1S/C31H26Cl2FN3O4/c32-19-10-11-21-23(14-19)35-30(41)31(21)25(20-2-1-3-22(33)26(20)34)27-24(37(31)15-16-4-5-16)12-13-36(27)28(38)17-6-8-18(9-7-17)29(39)40/h1-3,6-11,14,16,24-25,27H,4-5,12-13,15H2,(H,35,41)(H,39,40). The Balaban J connectivity index is 1.43. The van der Waals surface area contributed by atoms with Crippen molar-refractivity contribution in [3.05, 3.63) is 98.8 Å². The quantitative estimate of drug-likeness (QED) is 0.392. The molecule has 3 aromatic carbocycles. The average molecular weight is 594 g/mol. The lowest BCUT2D eigenvalue weighted by molar-refractivity contribution is -0.128. The fourth-order valence-electron chi connectivity index (χ4n) is 7.30. The number of hydrogen-bond donors (Lipinski definition) is 2. The molecular formula is C31H26Cl2FN3O4. The van der Waals surface area contributed by atoms with Crippen LogP contribution in [0.15, 0.2) is 60.7 Å². The Bertz CT molecular complexity index is 1610. The lowest BCUT2D eigenvalue weighted by Crippen LogP contribution is -2.53. The summed E-state index contributed by atoms with van der Waals surface area (Å²) in [6.45, 7) is 1.06. The highest BCUT2D eigenvalue weighted by Gasteiger charge is 2.70. The van der Waals surface area contributed by atoms with Crippen molar-refractivity contribution in [1.29, 1.82) is 0 Å². The molecule has 0 radical (unpaired) electrons. The van der Waals surface area contributed by atoms with E-state index in [1.807, 2.05) is 6.07 Å². The van der Waals surface area contributed by atoms with Gasteiger partial charge in [0.2, 0.25) is 5.91 Å². The van der Waals surface area contributed by atoms with E-state index in [0.29, 0.717) is 47.3 Å². The van der Waals surface area contributed by atoms with E-state index in [4.69, 9.17) is 23.2 Å². The normalized spacial score (nSPS) is 26.8. The van der Waals surface area contributed by atoms with Crippen LogP contribution >= 0.6 is 23.2 Å². The first-order valence-corrected chi connectivity index (χ1v) is 14.4. The molecule has 210 valence electrons. The van der Waals surface area contributed by atoms with Gasteiger partial charge in [0.1, 0.15) is 11.4 Å². The van der Waals surface area contributed by atoms with Gasteiger partial charge in [0.05, 0.1) is 16.6 Å². The van der Waals surface area contributed by atoms with Gasteiger partial charge in [-0.05, 0) is 73.2 Å². The summed E-state index contributed by atoms with van der Waals surface area (Å²) in [6.07, 6.45) is 2.70. The number of rotatable bonds is 5. The number of benzene rings is 3. The molecule has 1 aliphatic carbocycles. The Hall–Kier alpha value is -3.46. The van der Waals surface area contributed by atoms with E-state index in [9.17, 15) is 19.5 Å². The number of carbonyl (C=O) groups is 3. The highest BCUT2D eigenvalue weighted by atomic mass is 35.5. The largest absolute Gasteiger partial charge is 0.478 e. The SMILES string of the molecule is O=C(O)c1ccc(C(=O)N2CCC3C2C(c2cccc(Cl)c2F)C2(C(=O)Nc4cc(Cl)ccc42)N3CC2CC2)cc1. The second-order valence-electron chi connectivity index (χ2n) is 11.4. The minimum atomic E-state index is -1.28. The van der Waals surface area contributed by atoms with E-state index < -0.39 is 29.3 Å². The maximum Gasteiger partial charge on any atom is 0.335 e. The number of nitrogens with one attached hydrogen (secondary N) is 1. The zero-order chi connectivity index (χ0) is 28.6. The van der Waals surface area contributed by atoms with Crippen molar-refractivity contribution in [2.24, 2.45) is 5.92 Å². The predicted octanol–water partition coefficient (Wildman–Crippen LogP) is 5.77. The zero-order valence-electron chi connectivity index (χ0n) is 21.8. The second-order valence-corrected chi connectivity index (χ2v) is 12.2. The van der Waals surface area contributed by atoms with E-state index in [-0.39, 0.29) is 34.0 Å². The fourth-order valence-corrected chi connectivity index (χ4v) is 7.65. The van der Waals surface area contributed by atoms with Crippen molar-refractivity contribution in [2.75, 3.05) is 18.4 Å². The Morgan fingerprint density at radius 2 is 1.76 bits per heavy atom. The molecule has 1 spiro atoms. The van der Waals surface area contributed by atoms with Gasteiger partial charge in [0.15, 0.2) is 0 Å². The number of halogens is 3. The van der Waals surface area contributed by atoms with E-state index >= 15 is 4.39 Å². The number of carboxylic acids is 1. The molecule has 4 atom stereocenters. The van der Waals surface area contributed by atoms with Gasteiger partial charge < -0.3 is 15.3 Å². The third kappa shape index (κ3) is 3.91. The summed E-state index contributed by atoms with van der Waals surface area (Å²) in [5, 5.41) is 12.8. The number of carbonyl (C=O) groups excluding carboxylic acids is 2. The molecule has 2 saturated heterocycles. The summed E-state index contributed by atoms with van der Waals surface area (Å²) in [5.74, 6) is -2.61. The van der Waals surface area contributed by atoms with Crippen molar-refractivity contribution in [1.82, 2.24) is 9.80 Å². The Morgan fingerprint density at radius 3 is 2.46 bits per heavy atom. The molecule has 10 heteroatoms. The smallest absolute Gasteiger partial charge is 0.335 e. The predicted molar refractivity (Wildman–Crippen MR) is 152 cm³/mol. The molecule has 2 amide bonds. The lowest BCUT2D eigenvalue weighted by atomic mass is 9.73. The summed E-state index contributed by atoms with van der Waals surface area (Å²) in [4.78, 5) is 43.7. The van der Waals surface area contributed by atoms with Crippen molar-refractivity contribution < 1.29 is 23.9 Å². The third-order valence-corrected chi connectivity index (χ3v) is 9.69. The topological polar surface area (TPSA) is 90.0 Å². The van der Waals surface area contributed by atoms with Crippen molar-refractivity contribution >= 4 is 46.7 Å². The van der Waals surface area contributed by atoms with Crippen molar-refractivity contribution in [2.45, 2.75) is 42.8 Å². The molecule has 4 aliphatic rings. The van der Waals surface area contributed by atoms with Crippen LogP contribution in [-0.4, -0.2) is 57.9 Å². The Kier molecular flexibility index (Phi) is 6.15. The summed E-state index contributed by atoms with van der Waals surface area (Å²) in [6, 6.07) is 15.1. The first-order chi connectivity index (χ1) is 19.7. The number of amides is 2. The van der Waals surface area contributed by atoms with Gasteiger partial charge in [0.25, 0.3) is 5.91 Å². The van der Waals surface area contributed by atoms with Crippen LogP contribution in [0.1, 0.15) is 57.0 Å². The van der Waals surface area contributed by atoms with Crippen LogP contribution in [-0.2, 0) is 10.3 Å². The fraction of sp³-hybridized carbons (Fsp3) is 0.323. The van der Waals surface area contributed by atoms with Crippen LogP contribution in [0.2, 0.25) is 10.0 Å². The molecule has 41 heavy (non-hydrogen) atoms. The molecular weight excluding hydrogens is 568 g/mol. The summed E-state index contributed by atoms with van der Waals surface area (Å²) >= 11 is 12.6. The van der Waals surface area contributed by atoms with Gasteiger partial charge >= 0.3 is 5.97 Å². The van der Waals surface area contributed by atoms with Crippen molar-refractivity contribution in [3.63, 3.8) is 0 Å². The third-order valence-electron chi connectivity index (χ3n) is 9.16. The first kappa shape index (κ1) is 26.4. The highest BCUT2D eigenvalue weighted by molar-refractivity contribution is 6.31. The molecule has 3 aromatic rings.